The van der Waals surface area contributed by atoms with Crippen molar-refractivity contribution in [1.82, 2.24) is 10.2 Å². The summed E-state index contributed by atoms with van der Waals surface area (Å²) in [5.41, 5.74) is 0.866. The first kappa shape index (κ1) is 15.4. The van der Waals surface area contributed by atoms with Gasteiger partial charge in [-0.15, -0.1) is 0 Å². The fourth-order valence-electron chi connectivity index (χ4n) is 2.27. The molecule has 2 amide bonds. The number of aliphatic hydroxyl groups excluding tert-OH is 1. The Hall–Kier alpha value is -1.99. The Morgan fingerprint density at radius 2 is 2.24 bits per heavy atom. The van der Waals surface area contributed by atoms with Crippen LogP contribution in [0.25, 0.3) is 0 Å². The molecule has 1 aromatic rings. The van der Waals surface area contributed by atoms with Crippen LogP contribution >= 0.6 is 11.6 Å². The van der Waals surface area contributed by atoms with Crippen molar-refractivity contribution < 1.29 is 19.8 Å². The second-order valence-corrected chi connectivity index (χ2v) is 5.05. The number of nitrogens with one attached hydrogen (secondary N) is 1. The van der Waals surface area contributed by atoms with E-state index in [4.69, 9.17) is 21.8 Å². The third kappa shape index (κ3) is 2.88. The van der Waals surface area contributed by atoms with E-state index in [1.807, 2.05) is 0 Å². The van der Waals surface area contributed by atoms with Crippen molar-refractivity contribution in [1.29, 1.82) is 0 Å². The summed E-state index contributed by atoms with van der Waals surface area (Å²) >= 11 is 6.06. The van der Waals surface area contributed by atoms with E-state index in [0.29, 0.717) is 29.2 Å². The lowest BCUT2D eigenvalue weighted by atomic mass is 10.1. The van der Waals surface area contributed by atoms with E-state index < -0.39 is 18.3 Å². The zero-order valence-corrected chi connectivity index (χ0v) is 12.2. The van der Waals surface area contributed by atoms with Crippen LogP contribution in [0.3, 0.4) is 0 Å². The molecule has 1 unspecified atom stereocenters. The number of aliphatic hydroxyl groups is 1. The van der Waals surface area contributed by atoms with Crippen LogP contribution in [0, 0.1) is 0 Å². The van der Waals surface area contributed by atoms with E-state index in [2.05, 4.69) is 5.32 Å². The molecule has 3 N–H and O–H groups in total. The number of carbonyl (C=O) groups excluding carboxylic acids is 1. The molecule has 1 aliphatic rings. The third-order valence-electron chi connectivity index (χ3n) is 3.31. The minimum Gasteiger partial charge on any atom is -0.465 e. The molecule has 0 spiro atoms. The highest BCUT2D eigenvalue weighted by atomic mass is 35.5. The molecule has 1 heterocycles. The minimum atomic E-state index is -1.17. The smallest absolute Gasteiger partial charge is 0.410 e. The molecule has 0 fully saturated rings. The van der Waals surface area contributed by atoms with Gasteiger partial charge in [0.05, 0.1) is 16.3 Å². The Morgan fingerprint density at radius 1 is 1.52 bits per heavy atom. The van der Waals surface area contributed by atoms with E-state index >= 15 is 0 Å². The Morgan fingerprint density at radius 3 is 2.86 bits per heavy atom. The maximum absolute atomic E-state index is 12.2. The molecular weight excluding hydrogens is 298 g/mol. The van der Waals surface area contributed by atoms with Crippen LogP contribution in [0.1, 0.15) is 16.8 Å². The number of hydrogen-bond donors (Lipinski definition) is 3. The van der Waals surface area contributed by atoms with Crippen LogP contribution in [0.4, 0.5) is 10.5 Å². The summed E-state index contributed by atoms with van der Waals surface area (Å²) in [6, 6.07) is 5.01. The van der Waals surface area contributed by atoms with Gasteiger partial charge in [0.15, 0.2) is 6.29 Å². The molecule has 8 heteroatoms. The number of rotatable bonds is 4. The molecule has 1 aliphatic heterocycles. The van der Waals surface area contributed by atoms with E-state index in [0.717, 1.165) is 4.90 Å². The van der Waals surface area contributed by atoms with Crippen molar-refractivity contribution in [3.8, 4) is 0 Å². The maximum atomic E-state index is 12.2. The summed E-state index contributed by atoms with van der Waals surface area (Å²) in [4.78, 5) is 26.0. The van der Waals surface area contributed by atoms with Crippen LogP contribution in [0.2, 0.25) is 5.02 Å². The van der Waals surface area contributed by atoms with Crippen molar-refractivity contribution in [3.05, 3.63) is 28.8 Å². The monoisotopic (exact) mass is 313 g/mol. The predicted molar refractivity (Wildman–Crippen MR) is 77.5 cm³/mol. The van der Waals surface area contributed by atoms with Gasteiger partial charge in [-0.25, -0.2) is 4.79 Å². The van der Waals surface area contributed by atoms with Gasteiger partial charge in [0, 0.05) is 20.2 Å². The van der Waals surface area contributed by atoms with E-state index in [1.54, 1.807) is 23.1 Å². The van der Waals surface area contributed by atoms with Gasteiger partial charge in [-0.1, -0.05) is 17.7 Å². The molecule has 0 saturated heterocycles. The summed E-state index contributed by atoms with van der Waals surface area (Å²) in [6.45, 7) is 0.344. The highest BCUT2D eigenvalue weighted by Crippen LogP contribution is 2.32. The lowest BCUT2D eigenvalue weighted by Crippen LogP contribution is -2.62. The van der Waals surface area contributed by atoms with Crippen molar-refractivity contribution in [2.24, 2.45) is 0 Å². The lowest BCUT2D eigenvalue weighted by Gasteiger charge is -2.42. The minimum absolute atomic E-state index is 0.0378. The summed E-state index contributed by atoms with van der Waals surface area (Å²) in [5.74, 6) is -0.422. The quantitative estimate of drug-likeness (QED) is 0.776. The van der Waals surface area contributed by atoms with Crippen LogP contribution in [-0.4, -0.2) is 53.6 Å². The van der Waals surface area contributed by atoms with Crippen molar-refractivity contribution in [3.63, 3.8) is 0 Å². The Balaban J connectivity index is 2.45. The average Bonchev–Trinajstić information content (AvgIpc) is 2.45. The molecule has 0 aromatic heterocycles. The van der Waals surface area contributed by atoms with Gasteiger partial charge in [0.1, 0.15) is 0 Å². The average molecular weight is 314 g/mol. The summed E-state index contributed by atoms with van der Waals surface area (Å²) < 4.78 is 0. The Kier molecular flexibility index (Phi) is 4.54. The summed E-state index contributed by atoms with van der Waals surface area (Å²) in [5, 5.41) is 21.1. The molecule has 0 aliphatic carbocycles. The first-order valence-corrected chi connectivity index (χ1v) is 6.77. The maximum Gasteiger partial charge on any atom is 0.410 e. The van der Waals surface area contributed by atoms with Gasteiger partial charge >= 0.3 is 6.09 Å². The summed E-state index contributed by atoms with van der Waals surface area (Å²) in [6.07, 6.45) is -1.57. The number of fused-ring (bicyclic) bond motifs is 1. The molecule has 1 atom stereocenters. The first-order chi connectivity index (χ1) is 9.97. The molecule has 0 bridgehead atoms. The lowest BCUT2D eigenvalue weighted by molar-refractivity contribution is 0.0835. The largest absolute Gasteiger partial charge is 0.465 e. The van der Waals surface area contributed by atoms with E-state index in [-0.39, 0.29) is 6.61 Å². The van der Waals surface area contributed by atoms with Gasteiger partial charge in [0.2, 0.25) is 0 Å². The van der Waals surface area contributed by atoms with Crippen molar-refractivity contribution >= 4 is 29.3 Å². The molecule has 0 saturated carbocycles. The number of carbonyl (C=O) groups is 2. The first-order valence-electron chi connectivity index (χ1n) is 6.40. The van der Waals surface area contributed by atoms with Crippen molar-refractivity contribution in [2.45, 2.75) is 12.7 Å². The van der Waals surface area contributed by atoms with Gasteiger partial charge in [-0.3, -0.25) is 9.69 Å². The second kappa shape index (κ2) is 6.19. The number of carboxylic acid groups (broad SMARTS) is 1. The van der Waals surface area contributed by atoms with Gasteiger partial charge in [-0.2, -0.15) is 0 Å². The van der Waals surface area contributed by atoms with Crippen LogP contribution in [0.15, 0.2) is 18.2 Å². The second-order valence-electron chi connectivity index (χ2n) is 4.65. The SMILES string of the molecule is CN(C(=O)O)C1NC(=O)c2c(Cl)cccc2N1CCCO. The number of benzene rings is 1. The molecular formula is C13H16ClN3O4. The number of amides is 2. The number of anilines is 1. The fraction of sp³-hybridized carbons (Fsp3) is 0.385. The standard InChI is InChI=1S/C13H16ClN3O4/c1-16(13(20)21)12-15-11(19)10-8(14)4-2-5-9(10)17(12)6-3-7-18/h2,4-5,12,18H,3,6-7H2,1H3,(H,15,19)(H,20,21). The van der Waals surface area contributed by atoms with Crippen LogP contribution < -0.4 is 10.2 Å². The molecule has 114 valence electrons. The normalized spacial score (nSPS) is 17.2. The Bertz CT molecular complexity index is 566. The molecule has 0 radical (unpaired) electrons. The molecule has 21 heavy (non-hydrogen) atoms. The topological polar surface area (TPSA) is 93.1 Å². The molecule has 2 rings (SSSR count). The zero-order chi connectivity index (χ0) is 15.6. The van der Waals surface area contributed by atoms with Gasteiger partial charge in [-0.05, 0) is 18.6 Å². The highest BCUT2D eigenvalue weighted by Gasteiger charge is 2.35. The van der Waals surface area contributed by atoms with Crippen LogP contribution in [-0.2, 0) is 0 Å². The molecule has 7 nitrogen and oxygen atoms in total. The molecule has 1 aromatic carbocycles. The third-order valence-corrected chi connectivity index (χ3v) is 3.62. The fourth-order valence-corrected chi connectivity index (χ4v) is 2.53. The predicted octanol–water partition coefficient (Wildman–Crippen LogP) is 1.17. The number of nitrogens with zero attached hydrogens (tertiary/aromatic N) is 2. The number of halogens is 1. The number of hydrogen-bond acceptors (Lipinski definition) is 4. The van der Waals surface area contributed by atoms with E-state index in [1.165, 1.54) is 7.05 Å². The Labute approximate surface area is 126 Å². The zero-order valence-electron chi connectivity index (χ0n) is 11.4. The van der Waals surface area contributed by atoms with Crippen LogP contribution in [0.5, 0.6) is 0 Å². The van der Waals surface area contributed by atoms with E-state index in [9.17, 15) is 9.59 Å². The highest BCUT2D eigenvalue weighted by molar-refractivity contribution is 6.34. The van der Waals surface area contributed by atoms with Gasteiger partial charge in [0.25, 0.3) is 5.91 Å². The van der Waals surface area contributed by atoms with Gasteiger partial charge < -0.3 is 20.4 Å². The summed E-state index contributed by atoms with van der Waals surface area (Å²) in [7, 11) is 1.37. The van der Waals surface area contributed by atoms with Crippen molar-refractivity contribution in [2.75, 3.05) is 25.1 Å².